The van der Waals surface area contributed by atoms with Crippen molar-refractivity contribution in [2.24, 2.45) is 50.2 Å². The van der Waals surface area contributed by atoms with Gasteiger partial charge in [-0.2, -0.15) is 0 Å². The van der Waals surface area contributed by atoms with Crippen molar-refractivity contribution in [1.82, 2.24) is 9.97 Å². The maximum Gasteiger partial charge on any atom is 0.306 e. The number of esters is 1. The van der Waals surface area contributed by atoms with Gasteiger partial charge in [-0.15, -0.1) is 0 Å². The third-order valence-electron chi connectivity index (χ3n) is 15.2. The second-order valence-corrected chi connectivity index (χ2v) is 18.1. The predicted molar refractivity (Wildman–Crippen MR) is 176 cm³/mol. The number of ether oxygens (including phenoxy) is 1. The fourth-order valence-electron chi connectivity index (χ4n) is 11.8. The zero-order chi connectivity index (χ0) is 33.0. The van der Waals surface area contributed by atoms with E-state index < -0.39 is 0 Å². The largest absolute Gasteiger partial charge is 0.459 e. The fraction of sp³-hybridized carbons (Fsp3) is 0.795. The van der Waals surface area contributed by atoms with Crippen molar-refractivity contribution in [2.75, 3.05) is 0 Å². The van der Waals surface area contributed by atoms with Crippen LogP contribution in [0.15, 0.2) is 11.6 Å². The number of nitrogens with zero attached hydrogens (tertiary/aromatic N) is 2. The summed E-state index contributed by atoms with van der Waals surface area (Å²) >= 11 is 0. The van der Waals surface area contributed by atoms with E-state index in [9.17, 15) is 14.7 Å². The van der Waals surface area contributed by atoms with Gasteiger partial charge in [0, 0.05) is 5.92 Å². The first-order valence-electron chi connectivity index (χ1n) is 17.7. The number of allylic oxidation sites excluding steroid dienone is 2. The van der Waals surface area contributed by atoms with Gasteiger partial charge in [0.2, 0.25) is 0 Å². The minimum Gasteiger partial charge on any atom is -0.459 e. The monoisotopic (exact) mass is 618 g/mol. The number of aryl methyl sites for hydroxylation is 3. The van der Waals surface area contributed by atoms with Gasteiger partial charge in [-0.25, -0.2) is 0 Å². The molecule has 1 heterocycles. The molecule has 6 heteroatoms. The zero-order valence-electron chi connectivity index (χ0n) is 29.7. The molecule has 0 saturated heterocycles. The van der Waals surface area contributed by atoms with Crippen LogP contribution in [0, 0.1) is 71.0 Å². The third kappa shape index (κ3) is 4.80. The summed E-state index contributed by atoms with van der Waals surface area (Å²) in [4.78, 5) is 37.1. The second-order valence-electron chi connectivity index (χ2n) is 18.1. The van der Waals surface area contributed by atoms with Gasteiger partial charge in [-0.1, -0.05) is 54.0 Å². The van der Waals surface area contributed by atoms with Crippen LogP contribution in [0.25, 0.3) is 0 Å². The molecule has 0 aromatic carbocycles. The van der Waals surface area contributed by atoms with E-state index in [2.05, 4.69) is 64.5 Å². The number of aliphatic hydroxyl groups is 1. The molecule has 6 rings (SSSR count). The summed E-state index contributed by atoms with van der Waals surface area (Å²) in [6.07, 6.45) is 11.2. The van der Waals surface area contributed by atoms with Crippen molar-refractivity contribution in [3.05, 3.63) is 34.4 Å². The minimum atomic E-state index is -0.305. The Kier molecular flexibility index (Phi) is 7.63. The Balaban J connectivity index is 1.26. The lowest BCUT2D eigenvalue weighted by Crippen LogP contribution is -2.66. The summed E-state index contributed by atoms with van der Waals surface area (Å²) in [6.45, 7) is 22.4. The molecule has 0 radical (unpaired) electrons. The zero-order valence-corrected chi connectivity index (χ0v) is 29.7. The highest BCUT2D eigenvalue weighted by Crippen LogP contribution is 2.75. The molecule has 248 valence electrons. The fourth-order valence-corrected chi connectivity index (χ4v) is 11.8. The molecule has 45 heavy (non-hydrogen) atoms. The van der Waals surface area contributed by atoms with Crippen LogP contribution < -0.4 is 0 Å². The van der Waals surface area contributed by atoms with Gasteiger partial charge < -0.3 is 9.84 Å². The molecule has 0 aliphatic heterocycles. The SMILES string of the molecule is Cc1nc(C)c(COC(=O)CC2(C)CCC3(C)CCC4(C)C(=CC(=O)C5C6(C)CCC(O)C(C)(C)C6CCC54C)C3C2)nc1C. The van der Waals surface area contributed by atoms with Crippen molar-refractivity contribution in [2.45, 2.75) is 146 Å². The average Bonchev–Trinajstić information content (AvgIpc) is 2.94. The number of carbonyl (C=O) groups excluding carboxylic acids is 2. The molecule has 1 aromatic rings. The summed E-state index contributed by atoms with van der Waals surface area (Å²) in [7, 11) is 0. The Hall–Kier alpha value is -2.08. The highest BCUT2D eigenvalue weighted by Gasteiger charge is 2.70. The molecule has 4 saturated carbocycles. The first-order chi connectivity index (χ1) is 20.8. The number of carbonyl (C=O) groups is 2. The van der Waals surface area contributed by atoms with Crippen LogP contribution in [0.4, 0.5) is 0 Å². The molecule has 0 bridgehead atoms. The summed E-state index contributed by atoms with van der Waals surface area (Å²) in [5.41, 5.74) is 4.17. The minimum absolute atomic E-state index is 0.0180. The van der Waals surface area contributed by atoms with Gasteiger partial charge in [-0.05, 0) is 129 Å². The van der Waals surface area contributed by atoms with E-state index in [1.807, 2.05) is 20.8 Å². The van der Waals surface area contributed by atoms with Gasteiger partial charge in [-0.3, -0.25) is 19.6 Å². The molecule has 9 atom stereocenters. The predicted octanol–water partition coefficient (Wildman–Crippen LogP) is 8.18. The molecular formula is C39H58N2O4. The van der Waals surface area contributed by atoms with Crippen molar-refractivity contribution in [1.29, 1.82) is 0 Å². The third-order valence-corrected chi connectivity index (χ3v) is 15.2. The lowest BCUT2D eigenvalue weighted by molar-refractivity contribution is -0.202. The van der Waals surface area contributed by atoms with E-state index in [-0.39, 0.29) is 63.0 Å². The number of aliphatic hydroxyl groups excluding tert-OH is 1. The molecule has 0 spiro atoms. The number of aromatic nitrogens is 2. The molecule has 1 aromatic heterocycles. The maximum absolute atomic E-state index is 14.6. The van der Waals surface area contributed by atoms with E-state index in [0.717, 1.165) is 80.6 Å². The van der Waals surface area contributed by atoms with Crippen molar-refractivity contribution >= 4 is 11.8 Å². The first-order valence-corrected chi connectivity index (χ1v) is 17.7. The van der Waals surface area contributed by atoms with Crippen LogP contribution in [0.3, 0.4) is 0 Å². The number of rotatable bonds is 4. The maximum atomic E-state index is 14.6. The lowest BCUT2D eigenvalue weighted by Gasteiger charge is -2.70. The smallest absolute Gasteiger partial charge is 0.306 e. The van der Waals surface area contributed by atoms with E-state index in [1.54, 1.807) is 0 Å². The summed E-state index contributed by atoms with van der Waals surface area (Å²) < 4.78 is 5.82. The van der Waals surface area contributed by atoms with E-state index in [1.165, 1.54) is 5.57 Å². The van der Waals surface area contributed by atoms with Crippen LogP contribution >= 0.6 is 0 Å². The number of ketones is 1. The lowest BCUT2D eigenvalue weighted by atomic mass is 9.33. The Labute approximate surface area is 271 Å². The standard InChI is InChI=1S/C39H58N2O4/c1-23-24(2)41-28(25(3)40-23)22-45-32(44)21-35(6)15-16-36(7)17-18-38(9)26(27(36)20-35)19-29(42)33-37(8)13-12-31(43)34(4,5)30(37)11-14-39(33,38)10/h19,27,30-31,33,43H,11-18,20-22H2,1-10H3. The van der Waals surface area contributed by atoms with Gasteiger partial charge in [0.05, 0.1) is 35.3 Å². The summed E-state index contributed by atoms with van der Waals surface area (Å²) in [6, 6.07) is 0. The molecule has 0 amide bonds. The summed E-state index contributed by atoms with van der Waals surface area (Å²) in [5, 5.41) is 11.0. The first kappa shape index (κ1) is 32.8. The number of fused-ring (bicyclic) bond motifs is 7. The normalized spacial score (nSPS) is 43.7. The summed E-state index contributed by atoms with van der Waals surface area (Å²) in [5.74, 6) is 0.757. The second kappa shape index (κ2) is 10.5. The topological polar surface area (TPSA) is 89.4 Å². The Morgan fingerprint density at radius 3 is 2.27 bits per heavy atom. The molecule has 5 aliphatic rings. The van der Waals surface area contributed by atoms with Crippen LogP contribution in [0.2, 0.25) is 0 Å². The van der Waals surface area contributed by atoms with Gasteiger partial charge in [0.15, 0.2) is 5.78 Å². The van der Waals surface area contributed by atoms with Crippen molar-refractivity contribution in [3.63, 3.8) is 0 Å². The van der Waals surface area contributed by atoms with Crippen LogP contribution in [-0.2, 0) is 20.9 Å². The average molecular weight is 619 g/mol. The quantitative estimate of drug-likeness (QED) is 0.342. The number of hydrogen-bond donors (Lipinski definition) is 1. The highest BCUT2D eigenvalue weighted by molar-refractivity contribution is 5.95. The van der Waals surface area contributed by atoms with Gasteiger partial charge >= 0.3 is 5.97 Å². The Morgan fingerprint density at radius 2 is 1.56 bits per heavy atom. The Bertz CT molecular complexity index is 1450. The molecule has 4 fully saturated rings. The van der Waals surface area contributed by atoms with E-state index in [4.69, 9.17) is 4.74 Å². The van der Waals surface area contributed by atoms with Crippen LogP contribution in [-0.4, -0.2) is 32.9 Å². The molecule has 1 N–H and O–H groups in total. The van der Waals surface area contributed by atoms with Crippen molar-refractivity contribution in [3.8, 4) is 0 Å². The van der Waals surface area contributed by atoms with E-state index >= 15 is 0 Å². The number of hydrogen-bond acceptors (Lipinski definition) is 6. The van der Waals surface area contributed by atoms with Gasteiger partial charge in [0.25, 0.3) is 0 Å². The molecule has 6 nitrogen and oxygen atoms in total. The Morgan fingerprint density at radius 1 is 0.889 bits per heavy atom. The highest BCUT2D eigenvalue weighted by atomic mass is 16.5. The van der Waals surface area contributed by atoms with Crippen LogP contribution in [0.5, 0.6) is 0 Å². The molecular weight excluding hydrogens is 560 g/mol. The molecule has 9 unspecified atom stereocenters. The molecule has 5 aliphatic carbocycles. The van der Waals surface area contributed by atoms with Crippen LogP contribution in [0.1, 0.15) is 135 Å². The van der Waals surface area contributed by atoms with Gasteiger partial charge in [0.1, 0.15) is 6.61 Å². The van der Waals surface area contributed by atoms with E-state index in [0.29, 0.717) is 18.1 Å². The van der Waals surface area contributed by atoms with Crippen molar-refractivity contribution < 1.29 is 19.4 Å².